The van der Waals surface area contributed by atoms with E-state index in [9.17, 15) is 0 Å². The van der Waals surface area contributed by atoms with Crippen LogP contribution in [-0.2, 0) is 6.42 Å². The number of hydrogen-bond acceptors (Lipinski definition) is 5. The number of aromatic nitrogens is 3. The number of aryl methyl sites for hydroxylation is 1. The van der Waals surface area contributed by atoms with Gasteiger partial charge in [0.1, 0.15) is 0 Å². The number of para-hydroxylation sites is 1. The highest BCUT2D eigenvalue weighted by atomic mass is 16.5. The molecule has 5 nitrogen and oxygen atoms in total. The van der Waals surface area contributed by atoms with Gasteiger partial charge in [-0.15, -0.1) is 10.2 Å². The van der Waals surface area contributed by atoms with E-state index >= 15 is 0 Å². The lowest BCUT2D eigenvalue weighted by atomic mass is 9.89. The van der Waals surface area contributed by atoms with E-state index in [1.807, 2.05) is 18.2 Å². The molecule has 0 spiro atoms. The van der Waals surface area contributed by atoms with Crippen LogP contribution in [0.3, 0.4) is 0 Å². The summed E-state index contributed by atoms with van der Waals surface area (Å²) >= 11 is 0. The second kappa shape index (κ2) is 6.82. The molecule has 1 aliphatic carbocycles. The van der Waals surface area contributed by atoms with Gasteiger partial charge < -0.3 is 10.1 Å². The highest BCUT2D eigenvalue weighted by Gasteiger charge is 2.30. The minimum absolute atomic E-state index is 0.0991. The molecule has 0 fully saturated rings. The van der Waals surface area contributed by atoms with Gasteiger partial charge in [-0.3, -0.25) is 0 Å². The smallest absolute Gasteiger partial charge is 0.246 e. The van der Waals surface area contributed by atoms with Gasteiger partial charge in [0.25, 0.3) is 0 Å². The molecule has 0 saturated heterocycles. The summed E-state index contributed by atoms with van der Waals surface area (Å²) in [5.41, 5.74) is 4.25. The van der Waals surface area contributed by atoms with Gasteiger partial charge in [0.05, 0.1) is 0 Å². The third-order valence-corrected chi connectivity index (χ3v) is 5.00. The molecule has 1 aliphatic heterocycles. The topological polar surface area (TPSA) is 59.9 Å². The summed E-state index contributed by atoms with van der Waals surface area (Å²) in [6.45, 7) is 4.32. The van der Waals surface area contributed by atoms with Crippen LogP contribution in [0.5, 0.6) is 5.88 Å². The van der Waals surface area contributed by atoms with Crippen molar-refractivity contribution in [1.82, 2.24) is 15.2 Å². The summed E-state index contributed by atoms with van der Waals surface area (Å²) in [4.78, 5) is 4.67. The van der Waals surface area contributed by atoms with Crippen LogP contribution in [-0.4, -0.2) is 21.4 Å². The molecule has 2 atom stereocenters. The number of nitrogens with zero attached hydrogens (tertiary/aromatic N) is 3. The van der Waals surface area contributed by atoms with Crippen molar-refractivity contribution in [3.63, 3.8) is 0 Å². The lowest BCUT2D eigenvalue weighted by molar-refractivity contribution is 0.146. The molecule has 2 aromatic rings. The first kappa shape index (κ1) is 16.1. The zero-order valence-corrected chi connectivity index (χ0v) is 14.8. The summed E-state index contributed by atoms with van der Waals surface area (Å²) < 4.78 is 6.35. The Bertz CT molecular complexity index is 802. The normalized spacial score (nSPS) is 21.9. The molecule has 0 bridgehead atoms. The SMILES string of the molecule is CCCc1nnc2c(n1)OC(C1CC=C(C)CC1)Nc1ccccc1-2. The first-order valence-electron chi connectivity index (χ1n) is 9.16. The van der Waals surface area contributed by atoms with Crippen molar-refractivity contribution in [3.05, 3.63) is 41.7 Å². The van der Waals surface area contributed by atoms with Gasteiger partial charge >= 0.3 is 0 Å². The number of benzene rings is 1. The average molecular weight is 336 g/mol. The largest absolute Gasteiger partial charge is 0.452 e. The Kier molecular flexibility index (Phi) is 4.38. The predicted molar refractivity (Wildman–Crippen MR) is 98.4 cm³/mol. The predicted octanol–water partition coefficient (Wildman–Crippen LogP) is 4.37. The van der Waals surface area contributed by atoms with Gasteiger partial charge in [0.15, 0.2) is 17.7 Å². The molecule has 130 valence electrons. The van der Waals surface area contributed by atoms with Crippen LogP contribution in [0.1, 0.15) is 45.4 Å². The fourth-order valence-corrected chi connectivity index (χ4v) is 3.52. The number of fused-ring (bicyclic) bond motifs is 3. The van der Waals surface area contributed by atoms with Crippen LogP contribution >= 0.6 is 0 Å². The van der Waals surface area contributed by atoms with E-state index < -0.39 is 0 Å². The number of hydrogen-bond donors (Lipinski definition) is 1. The zero-order valence-electron chi connectivity index (χ0n) is 14.8. The molecule has 1 N–H and O–H groups in total. The maximum absolute atomic E-state index is 6.35. The Balaban J connectivity index is 1.73. The number of ether oxygens (including phenoxy) is 1. The van der Waals surface area contributed by atoms with Crippen LogP contribution in [0.2, 0.25) is 0 Å². The average Bonchev–Trinajstić information content (AvgIpc) is 2.79. The molecule has 2 aliphatic rings. The highest BCUT2D eigenvalue weighted by molar-refractivity contribution is 5.79. The van der Waals surface area contributed by atoms with Crippen molar-refractivity contribution in [1.29, 1.82) is 0 Å². The number of nitrogens with one attached hydrogen (secondary N) is 1. The quantitative estimate of drug-likeness (QED) is 0.844. The second-order valence-electron chi connectivity index (χ2n) is 6.95. The standard InChI is InChI=1S/C20H24N4O/c1-3-6-17-22-20-18(24-23-17)15-7-4-5-8-16(15)21-19(25-20)14-11-9-13(2)10-12-14/h4-5,7-9,14,19,21H,3,6,10-12H2,1-2H3. The Morgan fingerprint density at radius 3 is 2.92 bits per heavy atom. The molecule has 1 aromatic heterocycles. The number of rotatable bonds is 3. The first-order valence-corrected chi connectivity index (χ1v) is 9.16. The van der Waals surface area contributed by atoms with Gasteiger partial charge in [-0.25, -0.2) is 0 Å². The van der Waals surface area contributed by atoms with E-state index in [1.54, 1.807) is 0 Å². The third-order valence-electron chi connectivity index (χ3n) is 5.00. The van der Waals surface area contributed by atoms with Gasteiger partial charge in [0.2, 0.25) is 5.88 Å². The minimum Gasteiger partial charge on any atom is -0.452 e. The molecular weight excluding hydrogens is 312 g/mol. The van der Waals surface area contributed by atoms with E-state index in [2.05, 4.69) is 46.5 Å². The van der Waals surface area contributed by atoms with Crippen LogP contribution < -0.4 is 10.1 Å². The summed E-state index contributed by atoms with van der Waals surface area (Å²) in [5.74, 6) is 1.78. The van der Waals surface area contributed by atoms with E-state index in [1.165, 1.54) is 5.57 Å². The molecule has 0 saturated carbocycles. The number of anilines is 1. The van der Waals surface area contributed by atoms with E-state index in [0.29, 0.717) is 11.8 Å². The molecule has 2 heterocycles. The fraction of sp³-hybridized carbons (Fsp3) is 0.450. The van der Waals surface area contributed by atoms with Gasteiger partial charge in [-0.05, 0) is 38.7 Å². The molecule has 2 unspecified atom stereocenters. The molecule has 0 amide bonds. The van der Waals surface area contributed by atoms with Crippen LogP contribution in [0.25, 0.3) is 11.3 Å². The Hall–Kier alpha value is -2.43. The summed E-state index contributed by atoms with van der Waals surface area (Å²) in [7, 11) is 0. The van der Waals surface area contributed by atoms with Crippen LogP contribution in [0.4, 0.5) is 5.69 Å². The summed E-state index contributed by atoms with van der Waals surface area (Å²) in [6, 6.07) is 8.17. The maximum atomic E-state index is 6.35. The third kappa shape index (κ3) is 3.23. The van der Waals surface area contributed by atoms with Crippen molar-refractivity contribution in [2.75, 3.05) is 5.32 Å². The Morgan fingerprint density at radius 2 is 2.12 bits per heavy atom. The monoisotopic (exact) mass is 336 g/mol. The molecule has 25 heavy (non-hydrogen) atoms. The number of allylic oxidation sites excluding steroid dienone is 2. The summed E-state index contributed by atoms with van der Waals surface area (Å²) in [5, 5.41) is 12.3. The molecule has 0 radical (unpaired) electrons. The lowest BCUT2D eigenvalue weighted by Gasteiger charge is -2.29. The highest BCUT2D eigenvalue weighted by Crippen LogP contribution is 2.38. The van der Waals surface area contributed by atoms with Crippen molar-refractivity contribution in [2.24, 2.45) is 5.92 Å². The first-order chi connectivity index (χ1) is 12.2. The molecule has 4 rings (SSSR count). The van der Waals surface area contributed by atoms with E-state index in [4.69, 9.17) is 4.74 Å². The van der Waals surface area contributed by atoms with Gasteiger partial charge in [-0.1, -0.05) is 36.8 Å². The molecule has 1 aromatic carbocycles. The molecule has 5 heteroatoms. The second-order valence-corrected chi connectivity index (χ2v) is 6.95. The van der Waals surface area contributed by atoms with Crippen molar-refractivity contribution in [2.45, 2.75) is 52.2 Å². The minimum atomic E-state index is -0.0991. The van der Waals surface area contributed by atoms with E-state index in [0.717, 1.165) is 54.9 Å². The Morgan fingerprint density at radius 1 is 1.24 bits per heavy atom. The zero-order chi connectivity index (χ0) is 17.2. The van der Waals surface area contributed by atoms with Crippen LogP contribution in [0.15, 0.2) is 35.9 Å². The van der Waals surface area contributed by atoms with Gasteiger partial charge in [-0.2, -0.15) is 4.98 Å². The summed E-state index contributed by atoms with van der Waals surface area (Å²) in [6.07, 6.45) is 7.32. The maximum Gasteiger partial charge on any atom is 0.246 e. The Labute approximate surface area is 148 Å². The molecular formula is C20H24N4O. The van der Waals surface area contributed by atoms with Crippen molar-refractivity contribution < 1.29 is 4.74 Å². The lowest BCUT2D eigenvalue weighted by Crippen LogP contribution is -2.35. The van der Waals surface area contributed by atoms with Crippen molar-refractivity contribution in [3.8, 4) is 17.1 Å². The fourth-order valence-electron chi connectivity index (χ4n) is 3.52. The van der Waals surface area contributed by atoms with Gasteiger partial charge in [0, 0.05) is 23.6 Å². The van der Waals surface area contributed by atoms with Crippen molar-refractivity contribution >= 4 is 5.69 Å². The van der Waals surface area contributed by atoms with E-state index in [-0.39, 0.29) is 6.23 Å². The van der Waals surface area contributed by atoms with Crippen LogP contribution in [0, 0.1) is 5.92 Å².